The van der Waals surface area contributed by atoms with Gasteiger partial charge in [-0.1, -0.05) is 27.2 Å². The Labute approximate surface area is 117 Å². The molecule has 0 N–H and O–H groups in total. The largest absolute Gasteiger partial charge is 0.382 e. The molecule has 3 unspecified atom stereocenters. The molecule has 114 valence electrons. The summed E-state index contributed by atoms with van der Waals surface area (Å²) >= 11 is 0. The first-order chi connectivity index (χ1) is 8.98. The second-order valence-electron chi connectivity index (χ2n) is 6.45. The van der Waals surface area contributed by atoms with Crippen LogP contribution < -0.4 is 0 Å². The zero-order chi connectivity index (χ0) is 14.3. The van der Waals surface area contributed by atoms with E-state index in [1.807, 2.05) is 0 Å². The third kappa shape index (κ3) is 6.21. The number of rotatable bonds is 8. The van der Waals surface area contributed by atoms with Crippen molar-refractivity contribution in [3.63, 3.8) is 0 Å². The summed E-state index contributed by atoms with van der Waals surface area (Å²) in [6, 6.07) is 0. The third-order valence-corrected chi connectivity index (χ3v) is 3.46. The van der Waals surface area contributed by atoms with Crippen molar-refractivity contribution in [2.24, 2.45) is 5.41 Å². The molecule has 0 aromatic rings. The monoisotopic (exact) mass is 274 g/mol. The van der Waals surface area contributed by atoms with Crippen molar-refractivity contribution in [2.45, 2.75) is 58.3 Å². The first kappa shape index (κ1) is 16.9. The fourth-order valence-corrected chi connectivity index (χ4v) is 2.39. The number of ether oxygens (including phenoxy) is 4. The van der Waals surface area contributed by atoms with Gasteiger partial charge in [0.15, 0.2) is 0 Å². The molecule has 0 amide bonds. The van der Waals surface area contributed by atoms with E-state index in [1.165, 1.54) is 12.8 Å². The lowest BCUT2D eigenvalue weighted by Gasteiger charge is -2.21. The van der Waals surface area contributed by atoms with Gasteiger partial charge in [0.1, 0.15) is 18.3 Å². The smallest absolute Gasteiger partial charge is 0.114 e. The molecule has 1 fully saturated rings. The van der Waals surface area contributed by atoms with E-state index in [1.54, 1.807) is 14.2 Å². The van der Waals surface area contributed by atoms with E-state index in [9.17, 15) is 0 Å². The van der Waals surface area contributed by atoms with Gasteiger partial charge < -0.3 is 18.9 Å². The molecule has 4 heteroatoms. The highest BCUT2D eigenvalue weighted by Gasteiger charge is 2.38. The van der Waals surface area contributed by atoms with Gasteiger partial charge in [-0.25, -0.2) is 0 Å². The molecule has 0 bridgehead atoms. The molecule has 0 radical (unpaired) electrons. The lowest BCUT2D eigenvalue weighted by molar-refractivity contribution is -0.0562. The van der Waals surface area contributed by atoms with Crippen LogP contribution in [0.15, 0.2) is 0 Å². The summed E-state index contributed by atoms with van der Waals surface area (Å²) in [5.74, 6) is 0. The van der Waals surface area contributed by atoms with Crippen LogP contribution in [0.4, 0.5) is 0 Å². The zero-order valence-corrected chi connectivity index (χ0v) is 13.1. The molecule has 1 saturated heterocycles. The summed E-state index contributed by atoms with van der Waals surface area (Å²) in [5, 5.41) is 0. The molecule has 19 heavy (non-hydrogen) atoms. The van der Waals surface area contributed by atoms with Gasteiger partial charge in [-0.3, -0.25) is 0 Å². The van der Waals surface area contributed by atoms with Crippen molar-refractivity contribution in [2.75, 3.05) is 34.0 Å². The molecule has 0 spiro atoms. The van der Waals surface area contributed by atoms with E-state index < -0.39 is 0 Å². The molecule has 1 heterocycles. The Morgan fingerprint density at radius 3 is 2.47 bits per heavy atom. The van der Waals surface area contributed by atoms with E-state index in [-0.39, 0.29) is 18.3 Å². The first-order valence-electron chi connectivity index (χ1n) is 7.23. The fourth-order valence-electron chi connectivity index (χ4n) is 2.39. The first-order valence-corrected chi connectivity index (χ1v) is 7.23. The van der Waals surface area contributed by atoms with Crippen molar-refractivity contribution < 1.29 is 18.9 Å². The highest BCUT2D eigenvalue weighted by Crippen LogP contribution is 2.23. The minimum absolute atomic E-state index is 0.00502. The van der Waals surface area contributed by atoms with Crippen molar-refractivity contribution in [1.82, 2.24) is 0 Å². The minimum atomic E-state index is -0.0115. The fraction of sp³-hybridized carbons (Fsp3) is 1.00. The Morgan fingerprint density at radius 2 is 1.89 bits per heavy atom. The summed E-state index contributed by atoms with van der Waals surface area (Å²) < 4.78 is 22.1. The highest BCUT2D eigenvalue weighted by molar-refractivity contribution is 4.85. The standard InChI is InChI=1S/C15H30O4/c1-15(2,3)8-6-7-9-18-13-11-19-12(10-16-4)14(13)17-5/h12-14H,6-11H2,1-5H3. The Hall–Kier alpha value is -0.160. The maximum atomic E-state index is 5.89. The van der Waals surface area contributed by atoms with Crippen molar-refractivity contribution in [1.29, 1.82) is 0 Å². The van der Waals surface area contributed by atoms with Crippen LogP contribution in [-0.2, 0) is 18.9 Å². The molecule has 0 aliphatic carbocycles. The summed E-state index contributed by atoms with van der Waals surface area (Å²) in [4.78, 5) is 0. The van der Waals surface area contributed by atoms with Crippen molar-refractivity contribution >= 4 is 0 Å². The molecule has 1 aliphatic rings. The van der Waals surface area contributed by atoms with Crippen LogP contribution in [0.25, 0.3) is 0 Å². The van der Waals surface area contributed by atoms with Crippen LogP contribution >= 0.6 is 0 Å². The van der Waals surface area contributed by atoms with Gasteiger partial charge in [0.25, 0.3) is 0 Å². The van der Waals surface area contributed by atoms with Gasteiger partial charge in [-0.05, 0) is 18.3 Å². The molecule has 3 atom stereocenters. The van der Waals surface area contributed by atoms with Crippen LogP contribution in [0.2, 0.25) is 0 Å². The summed E-state index contributed by atoms with van der Waals surface area (Å²) in [7, 11) is 3.38. The Bertz CT molecular complexity index is 237. The van der Waals surface area contributed by atoms with Gasteiger partial charge in [0, 0.05) is 20.8 Å². The Balaban J connectivity index is 2.18. The molecule has 0 aromatic carbocycles. The molecule has 1 aliphatic heterocycles. The number of hydrogen-bond donors (Lipinski definition) is 0. The van der Waals surface area contributed by atoms with Crippen LogP contribution in [0, 0.1) is 5.41 Å². The number of unbranched alkanes of at least 4 members (excludes halogenated alkanes) is 1. The maximum absolute atomic E-state index is 5.89. The maximum Gasteiger partial charge on any atom is 0.114 e. The van der Waals surface area contributed by atoms with E-state index in [4.69, 9.17) is 18.9 Å². The number of hydrogen-bond acceptors (Lipinski definition) is 4. The predicted molar refractivity (Wildman–Crippen MR) is 75.5 cm³/mol. The van der Waals surface area contributed by atoms with E-state index in [0.717, 1.165) is 13.0 Å². The van der Waals surface area contributed by atoms with Crippen LogP contribution in [0.5, 0.6) is 0 Å². The Kier molecular flexibility index (Phi) is 7.29. The topological polar surface area (TPSA) is 36.9 Å². The second-order valence-corrected chi connectivity index (χ2v) is 6.45. The lowest BCUT2D eigenvalue weighted by Crippen LogP contribution is -2.36. The van der Waals surface area contributed by atoms with Crippen LogP contribution in [0.3, 0.4) is 0 Å². The van der Waals surface area contributed by atoms with E-state index in [2.05, 4.69) is 20.8 Å². The predicted octanol–water partition coefficient (Wildman–Crippen LogP) is 2.65. The van der Waals surface area contributed by atoms with E-state index in [0.29, 0.717) is 18.6 Å². The highest BCUT2D eigenvalue weighted by atomic mass is 16.6. The van der Waals surface area contributed by atoms with Gasteiger partial charge in [0.05, 0.1) is 13.2 Å². The average molecular weight is 274 g/mol. The summed E-state index contributed by atoms with van der Waals surface area (Å²) in [6.07, 6.45) is 3.56. The van der Waals surface area contributed by atoms with Crippen molar-refractivity contribution in [3.8, 4) is 0 Å². The molecule has 0 saturated carbocycles. The molecule has 0 aromatic heterocycles. The average Bonchev–Trinajstić information content (AvgIpc) is 2.70. The quantitative estimate of drug-likeness (QED) is 0.638. The normalized spacial score (nSPS) is 27.9. The second kappa shape index (κ2) is 8.20. The van der Waals surface area contributed by atoms with Gasteiger partial charge in [-0.2, -0.15) is 0 Å². The van der Waals surface area contributed by atoms with Gasteiger partial charge >= 0.3 is 0 Å². The molecular weight excluding hydrogens is 244 g/mol. The van der Waals surface area contributed by atoms with Gasteiger partial charge in [-0.15, -0.1) is 0 Å². The van der Waals surface area contributed by atoms with Crippen LogP contribution in [0.1, 0.15) is 40.0 Å². The number of methoxy groups -OCH3 is 2. The SMILES string of the molecule is COCC1OCC(OCCCCC(C)(C)C)C1OC. The van der Waals surface area contributed by atoms with Crippen LogP contribution in [-0.4, -0.2) is 52.4 Å². The molecular formula is C15H30O4. The Morgan fingerprint density at radius 1 is 1.16 bits per heavy atom. The van der Waals surface area contributed by atoms with Gasteiger partial charge in [0.2, 0.25) is 0 Å². The summed E-state index contributed by atoms with van der Waals surface area (Å²) in [5.41, 5.74) is 0.412. The minimum Gasteiger partial charge on any atom is -0.382 e. The zero-order valence-electron chi connectivity index (χ0n) is 13.1. The molecule has 4 nitrogen and oxygen atoms in total. The summed E-state index contributed by atoms with van der Waals surface area (Å²) in [6.45, 7) is 8.76. The third-order valence-electron chi connectivity index (χ3n) is 3.46. The lowest BCUT2D eigenvalue weighted by atomic mass is 9.90. The van der Waals surface area contributed by atoms with E-state index >= 15 is 0 Å². The molecule has 1 rings (SSSR count). The van der Waals surface area contributed by atoms with Crippen molar-refractivity contribution in [3.05, 3.63) is 0 Å².